The quantitative estimate of drug-likeness (QED) is 0.538. The van der Waals surface area contributed by atoms with Crippen LogP contribution in [0.1, 0.15) is 6.42 Å². The summed E-state index contributed by atoms with van der Waals surface area (Å²) >= 11 is 3.88. The van der Waals surface area contributed by atoms with Gasteiger partial charge >= 0.3 is 0 Å². The minimum absolute atomic E-state index is 0.937. The van der Waals surface area contributed by atoms with Gasteiger partial charge in [0.2, 0.25) is 0 Å². The van der Waals surface area contributed by atoms with Gasteiger partial charge in [0.25, 0.3) is 0 Å². The lowest BCUT2D eigenvalue weighted by Crippen LogP contribution is -2.91. The van der Waals surface area contributed by atoms with Crippen LogP contribution in [-0.2, 0) is 0 Å². The fraction of sp³-hybridized carbons (Fsp3) is 1.00. The summed E-state index contributed by atoms with van der Waals surface area (Å²) in [5, 5.41) is 0. The fourth-order valence-corrected chi connectivity index (χ4v) is 7.02. The molecule has 6 aliphatic rings. The van der Waals surface area contributed by atoms with Crippen LogP contribution in [0.3, 0.4) is 0 Å². The number of hydrogen-bond donors (Lipinski definition) is 0. The van der Waals surface area contributed by atoms with Crippen molar-refractivity contribution in [2.24, 2.45) is 47.3 Å². The first-order chi connectivity index (χ1) is 5.39. The largest absolute Gasteiger partial charge is 0.0887 e. The van der Waals surface area contributed by atoms with E-state index in [0.29, 0.717) is 0 Å². The van der Waals surface area contributed by atoms with E-state index in [1.54, 1.807) is 0 Å². The number of hydrogen-bond acceptors (Lipinski definition) is 0. The van der Waals surface area contributed by atoms with Crippen molar-refractivity contribution in [3.05, 3.63) is 0 Å². The number of halogens is 1. The molecular weight excluding hydrogens is 200 g/mol. The van der Waals surface area contributed by atoms with E-state index in [1.807, 2.05) is 0 Å². The molecule has 0 aromatic carbocycles. The summed E-state index contributed by atoms with van der Waals surface area (Å²) in [4.78, 5) is 0.937. The summed E-state index contributed by atoms with van der Waals surface area (Å²) in [5.74, 6) is 9.90. The molecule has 0 N–H and O–H groups in total. The molecule has 0 saturated heterocycles. The second kappa shape index (κ2) is 1.16. The van der Waals surface area contributed by atoms with Gasteiger partial charge in [0.1, 0.15) is 0 Å². The van der Waals surface area contributed by atoms with Gasteiger partial charge in [0.05, 0.1) is 0 Å². The van der Waals surface area contributed by atoms with Gasteiger partial charge in [0.15, 0.2) is 0 Å². The molecule has 0 aliphatic heterocycles. The second-order valence-electron chi connectivity index (χ2n) is 5.46. The Morgan fingerprint density at radius 1 is 0.727 bits per heavy atom. The molecule has 0 heterocycles. The second-order valence-corrected chi connectivity index (χ2v) is 6.63. The zero-order chi connectivity index (χ0) is 6.90. The third-order valence-corrected chi connectivity index (χ3v) is 6.89. The standard InChI is InChI=1S/C10H11Br/c11-3-1-2-4-7-5(2)9-6(3)8(4)10(7)9/h2-10H,1H2. The van der Waals surface area contributed by atoms with E-state index >= 15 is 0 Å². The Morgan fingerprint density at radius 3 is 1.82 bits per heavy atom. The molecule has 0 spiro atoms. The smallest absolute Gasteiger partial charge is 0.0182 e. The molecular formula is C10H11Br. The third-order valence-electron chi connectivity index (χ3n) is 5.90. The van der Waals surface area contributed by atoms with Gasteiger partial charge in [-0.1, -0.05) is 15.9 Å². The van der Waals surface area contributed by atoms with Gasteiger partial charge in [-0.3, -0.25) is 0 Å². The van der Waals surface area contributed by atoms with Crippen LogP contribution in [0.2, 0.25) is 0 Å². The molecule has 0 aromatic rings. The molecule has 6 saturated carbocycles. The monoisotopic (exact) mass is 210 g/mol. The highest BCUT2D eigenvalue weighted by atomic mass is 79.9. The van der Waals surface area contributed by atoms with Crippen molar-refractivity contribution >= 4 is 15.9 Å². The average Bonchev–Trinajstić information content (AvgIpc) is 1.95. The van der Waals surface area contributed by atoms with Gasteiger partial charge in [-0.2, -0.15) is 0 Å². The van der Waals surface area contributed by atoms with Crippen LogP contribution in [0.25, 0.3) is 0 Å². The summed E-state index contributed by atoms with van der Waals surface area (Å²) in [6.45, 7) is 0. The van der Waals surface area contributed by atoms with E-state index in [4.69, 9.17) is 0 Å². The predicted molar refractivity (Wildman–Crippen MR) is 45.3 cm³/mol. The van der Waals surface area contributed by atoms with E-state index in [1.165, 1.54) is 47.8 Å². The van der Waals surface area contributed by atoms with E-state index in [2.05, 4.69) is 15.9 Å². The summed E-state index contributed by atoms with van der Waals surface area (Å²) in [6.07, 6.45) is 1.54. The Kier molecular flexibility index (Phi) is 0.555. The Bertz CT molecular complexity index is 250. The van der Waals surface area contributed by atoms with Crippen molar-refractivity contribution in [3.63, 3.8) is 0 Å². The average molecular weight is 211 g/mol. The Balaban J connectivity index is 1.75. The molecule has 1 heteroatoms. The minimum atomic E-state index is 0.937. The SMILES string of the molecule is BrC1CC2C3C4C1C1C2C3C41. The maximum Gasteiger partial charge on any atom is 0.0182 e. The van der Waals surface area contributed by atoms with Gasteiger partial charge < -0.3 is 0 Å². The van der Waals surface area contributed by atoms with Crippen LogP contribution in [0.15, 0.2) is 0 Å². The van der Waals surface area contributed by atoms with E-state index in [9.17, 15) is 0 Å². The number of alkyl halides is 1. The molecule has 11 heavy (non-hydrogen) atoms. The van der Waals surface area contributed by atoms with Crippen LogP contribution in [-0.4, -0.2) is 4.83 Å². The first-order valence-corrected chi connectivity index (χ1v) is 5.95. The molecule has 5 atom stereocenters. The van der Waals surface area contributed by atoms with Gasteiger partial charge in [-0.15, -0.1) is 0 Å². The van der Waals surface area contributed by atoms with E-state index in [-0.39, 0.29) is 0 Å². The molecule has 0 radical (unpaired) electrons. The lowest BCUT2D eigenvalue weighted by atomic mass is 9.11. The molecule has 58 valence electrons. The lowest BCUT2D eigenvalue weighted by molar-refractivity contribution is -0.457. The fourth-order valence-electron chi connectivity index (χ4n) is 5.88. The first kappa shape index (κ1) is 5.26. The highest BCUT2D eigenvalue weighted by Crippen LogP contribution is 2.92. The van der Waals surface area contributed by atoms with Crippen LogP contribution in [0.4, 0.5) is 0 Å². The van der Waals surface area contributed by atoms with E-state index in [0.717, 1.165) is 10.7 Å². The maximum absolute atomic E-state index is 3.88. The van der Waals surface area contributed by atoms with Crippen LogP contribution >= 0.6 is 15.9 Å². The lowest BCUT2D eigenvalue weighted by Gasteiger charge is -2.93. The molecule has 5 unspecified atom stereocenters. The molecule has 2 bridgehead atoms. The highest BCUT2D eigenvalue weighted by Gasteiger charge is 2.88. The predicted octanol–water partition coefficient (Wildman–Crippen LogP) is 2.14. The van der Waals surface area contributed by atoms with E-state index < -0.39 is 0 Å². The van der Waals surface area contributed by atoms with Crippen molar-refractivity contribution < 1.29 is 0 Å². The van der Waals surface area contributed by atoms with Crippen molar-refractivity contribution in [2.45, 2.75) is 11.2 Å². The normalized spacial score (nSPS) is 90.8. The van der Waals surface area contributed by atoms with Crippen molar-refractivity contribution in [3.8, 4) is 0 Å². The van der Waals surface area contributed by atoms with Crippen LogP contribution < -0.4 is 0 Å². The van der Waals surface area contributed by atoms with Crippen LogP contribution in [0.5, 0.6) is 0 Å². The molecule has 0 amide bonds. The Labute approximate surface area is 74.9 Å². The number of rotatable bonds is 0. The molecule has 6 fully saturated rings. The summed E-state index contributed by atoms with van der Waals surface area (Å²) in [5.41, 5.74) is 0. The van der Waals surface area contributed by atoms with Crippen LogP contribution in [0, 0.1) is 47.3 Å². The molecule has 6 rings (SSSR count). The number of fused-ring (bicyclic) bond motifs is 1. The third kappa shape index (κ3) is 0.274. The highest BCUT2D eigenvalue weighted by molar-refractivity contribution is 9.09. The van der Waals surface area contributed by atoms with Gasteiger partial charge in [-0.25, -0.2) is 0 Å². The molecule has 0 nitrogen and oxygen atoms in total. The first-order valence-electron chi connectivity index (χ1n) is 5.03. The van der Waals surface area contributed by atoms with Crippen molar-refractivity contribution in [2.75, 3.05) is 0 Å². The summed E-state index contributed by atoms with van der Waals surface area (Å²) in [7, 11) is 0. The maximum atomic E-state index is 3.88. The van der Waals surface area contributed by atoms with Gasteiger partial charge in [0, 0.05) is 4.83 Å². The Morgan fingerprint density at radius 2 is 1.27 bits per heavy atom. The minimum Gasteiger partial charge on any atom is -0.0887 e. The zero-order valence-electron chi connectivity index (χ0n) is 6.28. The Hall–Kier alpha value is 0.480. The topological polar surface area (TPSA) is 0 Å². The van der Waals surface area contributed by atoms with Crippen molar-refractivity contribution in [1.82, 2.24) is 0 Å². The molecule has 0 aromatic heterocycles. The summed E-state index contributed by atoms with van der Waals surface area (Å²) in [6, 6.07) is 0. The van der Waals surface area contributed by atoms with Gasteiger partial charge in [-0.05, 0) is 53.8 Å². The van der Waals surface area contributed by atoms with Crippen molar-refractivity contribution in [1.29, 1.82) is 0 Å². The summed E-state index contributed by atoms with van der Waals surface area (Å²) < 4.78 is 0. The molecule has 6 aliphatic carbocycles. The zero-order valence-corrected chi connectivity index (χ0v) is 7.87.